The van der Waals surface area contributed by atoms with E-state index in [-0.39, 0.29) is 11.7 Å². The molecule has 1 N–H and O–H groups in total. The number of nitrogens with zero attached hydrogens (tertiary/aromatic N) is 5. The Kier molecular flexibility index (Phi) is 7.54. The van der Waals surface area contributed by atoms with Gasteiger partial charge < -0.3 is 0 Å². The molecule has 9 heteroatoms. The average molecular weight is 491 g/mol. The number of carbonyl (C=O) groups excluding carboxylic acids is 1. The Morgan fingerprint density at radius 1 is 1.12 bits per heavy atom. The second kappa shape index (κ2) is 10.8. The van der Waals surface area contributed by atoms with Crippen molar-refractivity contribution in [3.63, 3.8) is 0 Å². The molecular weight excluding hydrogens is 464 g/mol. The number of nitrogens with one attached hydrogen (secondary N) is 1. The van der Waals surface area contributed by atoms with Gasteiger partial charge in [-0.1, -0.05) is 73.6 Å². The number of aromatic nitrogens is 4. The van der Waals surface area contributed by atoms with E-state index in [0.29, 0.717) is 16.9 Å². The second-order valence-electron chi connectivity index (χ2n) is 8.10. The Morgan fingerprint density at radius 2 is 1.85 bits per heavy atom. The Morgan fingerprint density at radius 3 is 2.53 bits per heavy atom. The normalized spacial score (nSPS) is 11.7. The standard InChI is InChI=1S/C25H26N6OS2/c1-16(2)21-14-33-24(26-21)23-29-30-25(31(23)20-8-6-5-7-9-20)34-15-22(32)28-27-18(4)19-12-10-17(3)11-13-19/h5-14,16H,15H2,1-4H3,(H,28,32)/b27-18+. The molecule has 0 atom stereocenters. The fourth-order valence-corrected chi connectivity index (χ4v) is 4.83. The molecule has 174 valence electrons. The minimum Gasteiger partial charge on any atom is -0.272 e. The molecule has 0 saturated carbocycles. The van der Waals surface area contributed by atoms with Crippen LogP contribution in [-0.2, 0) is 4.79 Å². The fourth-order valence-electron chi connectivity index (χ4n) is 3.13. The van der Waals surface area contributed by atoms with Gasteiger partial charge in [0.15, 0.2) is 16.0 Å². The topological polar surface area (TPSA) is 85.1 Å². The molecule has 34 heavy (non-hydrogen) atoms. The van der Waals surface area contributed by atoms with Crippen LogP contribution in [0.2, 0.25) is 0 Å². The molecule has 4 rings (SSSR count). The smallest absolute Gasteiger partial charge is 0.250 e. The number of amides is 1. The number of rotatable bonds is 8. The van der Waals surface area contributed by atoms with Crippen LogP contribution < -0.4 is 5.43 Å². The first-order chi connectivity index (χ1) is 16.4. The number of hydrogen-bond donors (Lipinski definition) is 1. The minimum atomic E-state index is -0.211. The van der Waals surface area contributed by atoms with Crippen LogP contribution in [0.25, 0.3) is 16.5 Å². The summed E-state index contributed by atoms with van der Waals surface area (Å²) in [7, 11) is 0. The highest BCUT2D eigenvalue weighted by atomic mass is 32.2. The van der Waals surface area contributed by atoms with Crippen LogP contribution in [0.1, 0.15) is 43.5 Å². The van der Waals surface area contributed by atoms with E-state index >= 15 is 0 Å². The van der Waals surface area contributed by atoms with Crippen molar-refractivity contribution in [2.24, 2.45) is 5.10 Å². The molecule has 0 unspecified atom stereocenters. The van der Waals surface area contributed by atoms with E-state index in [4.69, 9.17) is 4.98 Å². The highest BCUT2D eigenvalue weighted by molar-refractivity contribution is 7.99. The zero-order valence-electron chi connectivity index (χ0n) is 19.5. The Bertz CT molecular complexity index is 1290. The summed E-state index contributed by atoms with van der Waals surface area (Å²) >= 11 is 2.86. The molecule has 0 aliphatic carbocycles. The second-order valence-corrected chi connectivity index (χ2v) is 9.90. The quantitative estimate of drug-likeness (QED) is 0.202. The largest absolute Gasteiger partial charge is 0.272 e. The van der Waals surface area contributed by atoms with Gasteiger partial charge in [-0.2, -0.15) is 5.10 Å². The maximum absolute atomic E-state index is 12.5. The number of carbonyl (C=O) groups is 1. The van der Waals surface area contributed by atoms with Gasteiger partial charge in [0.05, 0.1) is 17.2 Å². The number of para-hydroxylation sites is 1. The summed E-state index contributed by atoms with van der Waals surface area (Å²) in [4.78, 5) is 17.2. The van der Waals surface area contributed by atoms with Crippen molar-refractivity contribution >= 4 is 34.7 Å². The van der Waals surface area contributed by atoms with Gasteiger partial charge in [-0.25, -0.2) is 10.4 Å². The van der Waals surface area contributed by atoms with Gasteiger partial charge in [-0.05, 0) is 37.5 Å². The van der Waals surface area contributed by atoms with Crippen molar-refractivity contribution in [1.82, 2.24) is 25.2 Å². The molecule has 0 aliphatic heterocycles. The molecule has 0 spiro atoms. The fraction of sp³-hybridized carbons (Fsp3) is 0.240. The molecule has 1 amide bonds. The number of hydrazone groups is 1. The molecule has 0 fully saturated rings. The summed E-state index contributed by atoms with van der Waals surface area (Å²) in [5.74, 6) is 0.945. The van der Waals surface area contributed by atoms with Gasteiger partial charge in [-0.15, -0.1) is 21.5 Å². The lowest BCUT2D eigenvalue weighted by Gasteiger charge is -2.09. The van der Waals surface area contributed by atoms with Crippen LogP contribution >= 0.6 is 23.1 Å². The molecule has 2 aromatic carbocycles. The van der Waals surface area contributed by atoms with Crippen molar-refractivity contribution in [1.29, 1.82) is 0 Å². The summed E-state index contributed by atoms with van der Waals surface area (Å²) in [6, 6.07) is 17.9. The van der Waals surface area contributed by atoms with E-state index in [1.54, 1.807) is 11.3 Å². The van der Waals surface area contributed by atoms with Crippen molar-refractivity contribution in [2.75, 3.05) is 5.75 Å². The average Bonchev–Trinajstić information content (AvgIpc) is 3.49. The lowest BCUT2D eigenvalue weighted by Crippen LogP contribution is -2.21. The van der Waals surface area contributed by atoms with Crippen molar-refractivity contribution in [3.05, 3.63) is 76.8 Å². The Balaban J connectivity index is 1.51. The van der Waals surface area contributed by atoms with Gasteiger partial charge in [0.25, 0.3) is 5.91 Å². The zero-order chi connectivity index (χ0) is 24.1. The van der Waals surface area contributed by atoms with Gasteiger partial charge in [-0.3, -0.25) is 9.36 Å². The number of thiazole rings is 1. The van der Waals surface area contributed by atoms with Crippen LogP contribution in [0.3, 0.4) is 0 Å². The lowest BCUT2D eigenvalue weighted by molar-refractivity contribution is -0.118. The maximum Gasteiger partial charge on any atom is 0.250 e. The number of hydrogen-bond acceptors (Lipinski definition) is 7. The summed E-state index contributed by atoms with van der Waals surface area (Å²) in [6.07, 6.45) is 0. The predicted octanol–water partition coefficient (Wildman–Crippen LogP) is 5.46. The molecule has 2 heterocycles. The van der Waals surface area contributed by atoms with Gasteiger partial charge in [0.2, 0.25) is 0 Å². The summed E-state index contributed by atoms with van der Waals surface area (Å²) in [5.41, 5.74) is 7.48. The van der Waals surface area contributed by atoms with E-state index in [1.165, 1.54) is 17.3 Å². The summed E-state index contributed by atoms with van der Waals surface area (Å²) in [6.45, 7) is 8.13. The molecule has 0 bridgehead atoms. The Hall–Kier alpha value is -3.30. The first kappa shape index (κ1) is 23.8. The van der Waals surface area contributed by atoms with Crippen LogP contribution in [0.5, 0.6) is 0 Å². The first-order valence-electron chi connectivity index (χ1n) is 10.9. The van der Waals surface area contributed by atoms with Crippen molar-refractivity contribution in [3.8, 4) is 16.5 Å². The third-order valence-corrected chi connectivity index (χ3v) is 6.89. The van der Waals surface area contributed by atoms with Crippen molar-refractivity contribution in [2.45, 2.75) is 38.8 Å². The number of thioether (sulfide) groups is 1. The summed E-state index contributed by atoms with van der Waals surface area (Å²) in [5, 5.41) is 16.5. The van der Waals surface area contributed by atoms with E-state index in [1.807, 2.05) is 73.0 Å². The highest BCUT2D eigenvalue weighted by Gasteiger charge is 2.20. The van der Waals surface area contributed by atoms with Gasteiger partial charge >= 0.3 is 0 Å². The van der Waals surface area contributed by atoms with Crippen molar-refractivity contribution < 1.29 is 4.79 Å². The number of benzene rings is 2. The minimum absolute atomic E-state index is 0.157. The van der Waals surface area contributed by atoms with E-state index < -0.39 is 0 Å². The van der Waals surface area contributed by atoms with Gasteiger partial charge in [0.1, 0.15) is 0 Å². The summed E-state index contributed by atoms with van der Waals surface area (Å²) < 4.78 is 1.95. The Labute approximate surface area is 207 Å². The van der Waals surface area contributed by atoms with Gasteiger partial charge in [0, 0.05) is 11.1 Å². The van der Waals surface area contributed by atoms with Crippen LogP contribution in [0.15, 0.2) is 70.2 Å². The van der Waals surface area contributed by atoms with E-state index in [9.17, 15) is 4.79 Å². The van der Waals surface area contributed by atoms with E-state index in [2.05, 4.69) is 40.0 Å². The first-order valence-corrected chi connectivity index (χ1v) is 12.8. The predicted molar refractivity (Wildman–Crippen MR) is 139 cm³/mol. The molecule has 0 saturated heterocycles. The number of aryl methyl sites for hydroxylation is 1. The monoisotopic (exact) mass is 490 g/mol. The maximum atomic E-state index is 12.5. The van der Waals surface area contributed by atoms with Crippen LogP contribution in [0.4, 0.5) is 0 Å². The van der Waals surface area contributed by atoms with Crippen LogP contribution in [-0.4, -0.2) is 37.1 Å². The molecule has 7 nitrogen and oxygen atoms in total. The third-order valence-electron chi connectivity index (χ3n) is 5.10. The van der Waals surface area contributed by atoms with E-state index in [0.717, 1.165) is 27.7 Å². The molecule has 0 aliphatic rings. The zero-order valence-corrected chi connectivity index (χ0v) is 21.2. The third kappa shape index (κ3) is 5.60. The molecule has 4 aromatic rings. The molecular formula is C25H26N6OS2. The molecule has 2 aromatic heterocycles. The molecule has 0 radical (unpaired) electrons. The SMILES string of the molecule is C/C(=N\NC(=O)CSc1nnc(-c2nc(C(C)C)cs2)n1-c1ccccc1)c1ccc(C)cc1. The van der Waals surface area contributed by atoms with Crippen LogP contribution in [0, 0.1) is 6.92 Å². The highest BCUT2D eigenvalue weighted by Crippen LogP contribution is 2.31. The lowest BCUT2D eigenvalue weighted by atomic mass is 10.1.